The van der Waals surface area contributed by atoms with Crippen LogP contribution in [0.3, 0.4) is 0 Å². The highest BCUT2D eigenvalue weighted by molar-refractivity contribution is 9.11. The lowest BCUT2D eigenvalue weighted by molar-refractivity contribution is 0.481. The highest BCUT2D eigenvalue weighted by Gasteiger charge is 2.21. The largest absolute Gasteiger partial charge is 0.466 e. The van der Waals surface area contributed by atoms with Gasteiger partial charge in [0.1, 0.15) is 11.5 Å². The van der Waals surface area contributed by atoms with E-state index in [0.717, 1.165) is 30.9 Å². The fourth-order valence-electron chi connectivity index (χ4n) is 2.58. The minimum atomic E-state index is 0.331. The van der Waals surface area contributed by atoms with Crippen molar-refractivity contribution < 1.29 is 4.42 Å². The Morgan fingerprint density at radius 3 is 2.50 bits per heavy atom. The summed E-state index contributed by atoms with van der Waals surface area (Å²) in [6.07, 6.45) is 2.15. The standard InChI is InChI=1S/C16H22BrNOS/c1-5-8-18-14(9-13-6-7-15(17)20-13)16-10(2)11(3)19-12(16)4/h6-7,14,18H,5,8-9H2,1-4H3. The van der Waals surface area contributed by atoms with E-state index in [-0.39, 0.29) is 0 Å². The molecule has 0 radical (unpaired) electrons. The van der Waals surface area contributed by atoms with Gasteiger partial charge >= 0.3 is 0 Å². The molecule has 0 aliphatic carbocycles. The summed E-state index contributed by atoms with van der Waals surface area (Å²) in [6.45, 7) is 9.50. The molecule has 0 aliphatic rings. The number of hydrogen-bond donors (Lipinski definition) is 1. The molecular weight excluding hydrogens is 334 g/mol. The zero-order chi connectivity index (χ0) is 14.7. The van der Waals surface area contributed by atoms with E-state index in [1.54, 1.807) is 0 Å². The topological polar surface area (TPSA) is 25.2 Å². The Balaban J connectivity index is 2.26. The second-order valence-electron chi connectivity index (χ2n) is 5.17. The van der Waals surface area contributed by atoms with Crippen molar-refractivity contribution in [3.8, 4) is 0 Å². The third kappa shape index (κ3) is 3.54. The van der Waals surface area contributed by atoms with Crippen molar-refractivity contribution >= 4 is 27.3 Å². The molecule has 2 heterocycles. The first kappa shape index (κ1) is 15.8. The molecule has 20 heavy (non-hydrogen) atoms. The zero-order valence-corrected chi connectivity index (χ0v) is 15.0. The van der Waals surface area contributed by atoms with Crippen molar-refractivity contribution in [2.75, 3.05) is 6.54 Å². The summed E-state index contributed by atoms with van der Waals surface area (Å²) >= 11 is 5.35. The molecule has 0 fully saturated rings. The van der Waals surface area contributed by atoms with E-state index in [1.807, 2.05) is 18.3 Å². The van der Waals surface area contributed by atoms with Crippen molar-refractivity contribution in [3.05, 3.63) is 43.4 Å². The molecule has 0 saturated carbocycles. The van der Waals surface area contributed by atoms with Crippen molar-refractivity contribution in [2.24, 2.45) is 0 Å². The third-order valence-electron chi connectivity index (χ3n) is 3.64. The Morgan fingerprint density at radius 2 is 2.00 bits per heavy atom. The van der Waals surface area contributed by atoms with Crippen LogP contribution in [0.4, 0.5) is 0 Å². The molecule has 1 N–H and O–H groups in total. The van der Waals surface area contributed by atoms with Gasteiger partial charge in [0.15, 0.2) is 0 Å². The zero-order valence-electron chi connectivity index (χ0n) is 12.5. The lowest BCUT2D eigenvalue weighted by atomic mass is 9.98. The SMILES string of the molecule is CCCNC(Cc1ccc(Br)s1)c1c(C)oc(C)c1C. The molecule has 2 nitrogen and oxygen atoms in total. The number of rotatable bonds is 6. The number of hydrogen-bond acceptors (Lipinski definition) is 3. The van der Waals surface area contributed by atoms with Crippen LogP contribution in [0.15, 0.2) is 20.3 Å². The molecule has 4 heteroatoms. The molecule has 0 aromatic carbocycles. The van der Waals surface area contributed by atoms with Crippen LogP contribution in [0, 0.1) is 20.8 Å². The van der Waals surface area contributed by atoms with E-state index < -0.39 is 0 Å². The van der Waals surface area contributed by atoms with E-state index in [0.29, 0.717) is 6.04 Å². The minimum Gasteiger partial charge on any atom is -0.466 e. The summed E-state index contributed by atoms with van der Waals surface area (Å²) in [5, 5.41) is 3.67. The first-order chi connectivity index (χ1) is 9.52. The smallest absolute Gasteiger partial charge is 0.106 e. The van der Waals surface area contributed by atoms with Crippen LogP contribution in [0.1, 0.15) is 46.9 Å². The molecule has 2 aromatic rings. The summed E-state index contributed by atoms with van der Waals surface area (Å²) < 4.78 is 7.00. The van der Waals surface area contributed by atoms with Gasteiger partial charge < -0.3 is 9.73 Å². The van der Waals surface area contributed by atoms with Gasteiger partial charge in [0, 0.05) is 22.9 Å². The van der Waals surface area contributed by atoms with Gasteiger partial charge in [-0.1, -0.05) is 6.92 Å². The van der Waals surface area contributed by atoms with Gasteiger partial charge in [0.2, 0.25) is 0 Å². The van der Waals surface area contributed by atoms with E-state index in [1.165, 1.54) is 19.8 Å². The van der Waals surface area contributed by atoms with Gasteiger partial charge in [-0.3, -0.25) is 0 Å². The summed E-state index contributed by atoms with van der Waals surface area (Å²) in [5.74, 6) is 2.08. The predicted molar refractivity (Wildman–Crippen MR) is 89.7 cm³/mol. The Kier molecular flexibility index (Phi) is 5.47. The molecule has 0 amide bonds. The van der Waals surface area contributed by atoms with Crippen LogP contribution >= 0.6 is 27.3 Å². The minimum absolute atomic E-state index is 0.331. The maximum absolute atomic E-state index is 5.80. The lowest BCUT2D eigenvalue weighted by Gasteiger charge is -2.18. The lowest BCUT2D eigenvalue weighted by Crippen LogP contribution is -2.24. The highest BCUT2D eigenvalue weighted by Crippen LogP contribution is 2.32. The predicted octanol–water partition coefficient (Wildman–Crippen LogP) is 5.31. The second-order valence-corrected chi connectivity index (χ2v) is 7.72. The van der Waals surface area contributed by atoms with E-state index in [9.17, 15) is 0 Å². The van der Waals surface area contributed by atoms with E-state index in [4.69, 9.17) is 4.42 Å². The number of furan rings is 1. The van der Waals surface area contributed by atoms with Crippen molar-refractivity contribution in [1.82, 2.24) is 5.32 Å². The molecule has 0 saturated heterocycles. The van der Waals surface area contributed by atoms with Gasteiger partial charge in [-0.15, -0.1) is 11.3 Å². The maximum Gasteiger partial charge on any atom is 0.106 e. The molecule has 1 atom stereocenters. The van der Waals surface area contributed by atoms with Gasteiger partial charge in [-0.2, -0.15) is 0 Å². The van der Waals surface area contributed by atoms with Crippen LogP contribution in [0.25, 0.3) is 0 Å². The van der Waals surface area contributed by atoms with Crippen LogP contribution in [-0.4, -0.2) is 6.54 Å². The fourth-order valence-corrected chi connectivity index (χ4v) is 4.11. The summed E-state index contributed by atoms with van der Waals surface area (Å²) in [5.41, 5.74) is 2.62. The fraction of sp³-hybridized carbons (Fsp3) is 0.500. The molecule has 2 aromatic heterocycles. The van der Waals surface area contributed by atoms with Crippen LogP contribution in [0.2, 0.25) is 0 Å². The molecule has 0 bridgehead atoms. The van der Waals surface area contributed by atoms with Crippen LogP contribution in [0.5, 0.6) is 0 Å². The van der Waals surface area contributed by atoms with Crippen molar-refractivity contribution in [3.63, 3.8) is 0 Å². The first-order valence-electron chi connectivity index (χ1n) is 7.07. The molecule has 0 spiro atoms. The Labute approximate surface area is 133 Å². The maximum atomic E-state index is 5.80. The molecular formula is C16H22BrNOS. The van der Waals surface area contributed by atoms with Crippen LogP contribution < -0.4 is 5.32 Å². The monoisotopic (exact) mass is 355 g/mol. The third-order valence-corrected chi connectivity index (χ3v) is 5.29. The number of thiophene rings is 1. The van der Waals surface area contributed by atoms with Gasteiger partial charge in [-0.05, 0) is 67.4 Å². The normalized spacial score (nSPS) is 12.8. The van der Waals surface area contributed by atoms with Gasteiger partial charge in [-0.25, -0.2) is 0 Å². The average molecular weight is 356 g/mol. The second kappa shape index (κ2) is 6.92. The molecule has 110 valence electrons. The molecule has 2 rings (SSSR count). The van der Waals surface area contributed by atoms with Gasteiger partial charge in [0.05, 0.1) is 3.79 Å². The quantitative estimate of drug-likeness (QED) is 0.759. The number of aryl methyl sites for hydroxylation is 2. The summed E-state index contributed by atoms with van der Waals surface area (Å²) in [6, 6.07) is 4.66. The summed E-state index contributed by atoms with van der Waals surface area (Å²) in [7, 11) is 0. The van der Waals surface area contributed by atoms with Crippen molar-refractivity contribution in [2.45, 2.75) is 46.6 Å². The Hall–Kier alpha value is -0.580. The average Bonchev–Trinajstić information content (AvgIpc) is 2.90. The first-order valence-corrected chi connectivity index (χ1v) is 8.68. The van der Waals surface area contributed by atoms with E-state index >= 15 is 0 Å². The highest BCUT2D eigenvalue weighted by atomic mass is 79.9. The van der Waals surface area contributed by atoms with Crippen molar-refractivity contribution in [1.29, 1.82) is 0 Å². The Bertz CT molecular complexity index is 573. The molecule has 0 aliphatic heterocycles. The van der Waals surface area contributed by atoms with Gasteiger partial charge in [0.25, 0.3) is 0 Å². The number of halogens is 1. The Morgan fingerprint density at radius 1 is 1.25 bits per heavy atom. The summed E-state index contributed by atoms with van der Waals surface area (Å²) in [4.78, 5) is 1.39. The molecule has 1 unspecified atom stereocenters. The number of nitrogens with one attached hydrogen (secondary N) is 1. The van der Waals surface area contributed by atoms with E-state index in [2.05, 4.69) is 54.2 Å². The van der Waals surface area contributed by atoms with Crippen LogP contribution in [-0.2, 0) is 6.42 Å².